The third kappa shape index (κ3) is 3.95. The van der Waals surface area contributed by atoms with Crippen molar-refractivity contribution in [3.05, 3.63) is 71.4 Å². The second-order valence-corrected chi connectivity index (χ2v) is 8.28. The van der Waals surface area contributed by atoms with Gasteiger partial charge in [-0.3, -0.25) is 9.36 Å². The van der Waals surface area contributed by atoms with Gasteiger partial charge in [-0.25, -0.2) is 9.67 Å². The van der Waals surface area contributed by atoms with Crippen LogP contribution in [0.2, 0.25) is 0 Å². The van der Waals surface area contributed by atoms with Crippen LogP contribution in [-0.2, 0) is 0 Å². The third-order valence-electron chi connectivity index (χ3n) is 6.30. The Bertz CT molecular complexity index is 1220. The molecule has 0 spiro atoms. The van der Waals surface area contributed by atoms with Gasteiger partial charge < -0.3 is 5.32 Å². The predicted octanol–water partition coefficient (Wildman–Crippen LogP) is 4.86. The van der Waals surface area contributed by atoms with E-state index in [0.717, 1.165) is 16.8 Å². The van der Waals surface area contributed by atoms with Crippen LogP contribution in [0.3, 0.4) is 0 Å². The zero-order valence-electron chi connectivity index (χ0n) is 17.6. The standard InChI is InChI=1S/C24H26N6O/c1-17(18-6-3-2-4-7-18)30-22(31)13-8-19-16-25-24(28-23(19)30)27-20-9-11-21(12-10-20)29-15-5-14-26-29/h5,8-18H,2-4,6-7H2,1H3,(H,25,27,28). The minimum atomic E-state index is -0.00111. The van der Waals surface area contributed by atoms with E-state index in [1.807, 2.05) is 51.8 Å². The van der Waals surface area contributed by atoms with E-state index in [4.69, 9.17) is 4.98 Å². The van der Waals surface area contributed by atoms with Crippen molar-refractivity contribution in [2.75, 3.05) is 5.32 Å². The van der Waals surface area contributed by atoms with Crippen LogP contribution < -0.4 is 10.9 Å². The summed E-state index contributed by atoms with van der Waals surface area (Å²) < 4.78 is 3.67. The molecule has 1 fully saturated rings. The molecule has 1 aliphatic carbocycles. The molecule has 0 saturated heterocycles. The smallest absolute Gasteiger partial charge is 0.252 e. The number of pyridine rings is 1. The summed E-state index contributed by atoms with van der Waals surface area (Å²) in [6.07, 6.45) is 11.6. The molecule has 1 aliphatic rings. The molecular weight excluding hydrogens is 388 g/mol. The summed E-state index contributed by atoms with van der Waals surface area (Å²) in [5.41, 5.74) is 2.54. The van der Waals surface area contributed by atoms with Crippen molar-refractivity contribution in [3.8, 4) is 5.69 Å². The Kier molecular flexibility index (Phi) is 5.24. The Hall–Kier alpha value is -3.48. The zero-order chi connectivity index (χ0) is 21.2. The van der Waals surface area contributed by atoms with Gasteiger partial charge in [-0.2, -0.15) is 10.1 Å². The summed E-state index contributed by atoms with van der Waals surface area (Å²) in [5, 5.41) is 8.39. The molecule has 3 heterocycles. The molecule has 0 aliphatic heterocycles. The highest BCUT2D eigenvalue weighted by atomic mass is 16.1. The summed E-state index contributed by atoms with van der Waals surface area (Å²) >= 11 is 0. The Morgan fingerprint density at radius 2 is 1.87 bits per heavy atom. The lowest BCUT2D eigenvalue weighted by atomic mass is 9.84. The molecule has 4 aromatic rings. The van der Waals surface area contributed by atoms with Crippen LogP contribution >= 0.6 is 0 Å². The van der Waals surface area contributed by atoms with E-state index in [0.29, 0.717) is 17.5 Å². The largest absolute Gasteiger partial charge is 0.324 e. The first-order valence-corrected chi connectivity index (χ1v) is 10.9. The number of hydrogen-bond donors (Lipinski definition) is 1. The van der Waals surface area contributed by atoms with E-state index in [1.54, 1.807) is 18.5 Å². The van der Waals surface area contributed by atoms with Crippen molar-refractivity contribution in [1.82, 2.24) is 24.3 Å². The van der Waals surface area contributed by atoms with Crippen LogP contribution in [0.4, 0.5) is 11.6 Å². The fourth-order valence-electron chi connectivity index (χ4n) is 4.57. The number of nitrogens with one attached hydrogen (secondary N) is 1. The molecule has 0 amide bonds. The molecule has 1 unspecified atom stereocenters. The van der Waals surface area contributed by atoms with Gasteiger partial charge in [0.15, 0.2) is 0 Å². The SMILES string of the molecule is CC(C1CCCCC1)n1c(=O)ccc2cnc(Nc3ccc(-n4cccn4)cc3)nc21. The molecule has 0 radical (unpaired) electrons. The van der Waals surface area contributed by atoms with Crippen LogP contribution in [0.25, 0.3) is 16.7 Å². The molecule has 5 rings (SSSR count). The Labute approximate surface area is 180 Å². The van der Waals surface area contributed by atoms with Crippen LogP contribution in [0, 0.1) is 5.92 Å². The number of nitrogens with zero attached hydrogens (tertiary/aromatic N) is 5. The van der Waals surface area contributed by atoms with Crippen molar-refractivity contribution in [2.24, 2.45) is 5.92 Å². The number of aromatic nitrogens is 5. The van der Waals surface area contributed by atoms with Crippen molar-refractivity contribution < 1.29 is 0 Å². The number of rotatable bonds is 5. The van der Waals surface area contributed by atoms with Gasteiger partial charge in [0.2, 0.25) is 5.95 Å². The average molecular weight is 415 g/mol. The second-order valence-electron chi connectivity index (χ2n) is 8.28. The lowest BCUT2D eigenvalue weighted by Crippen LogP contribution is -2.29. The van der Waals surface area contributed by atoms with Crippen molar-refractivity contribution in [3.63, 3.8) is 0 Å². The zero-order valence-corrected chi connectivity index (χ0v) is 17.6. The minimum absolute atomic E-state index is 0.00111. The van der Waals surface area contributed by atoms with Gasteiger partial charge in [0.25, 0.3) is 5.56 Å². The fraction of sp³-hybridized carbons (Fsp3) is 0.333. The number of benzene rings is 1. The third-order valence-corrected chi connectivity index (χ3v) is 6.30. The van der Waals surface area contributed by atoms with E-state index in [1.165, 1.54) is 32.1 Å². The normalized spacial score (nSPS) is 15.8. The summed E-state index contributed by atoms with van der Waals surface area (Å²) in [5.74, 6) is 0.993. The average Bonchev–Trinajstić information content (AvgIpc) is 3.35. The molecule has 158 valence electrons. The van der Waals surface area contributed by atoms with Crippen molar-refractivity contribution in [2.45, 2.75) is 45.1 Å². The maximum atomic E-state index is 12.8. The molecule has 1 atom stereocenters. The lowest BCUT2D eigenvalue weighted by Gasteiger charge is -2.29. The highest BCUT2D eigenvalue weighted by molar-refractivity contribution is 5.75. The van der Waals surface area contributed by atoms with Gasteiger partial charge >= 0.3 is 0 Å². The number of fused-ring (bicyclic) bond motifs is 1. The maximum Gasteiger partial charge on any atom is 0.252 e. The Balaban J connectivity index is 1.45. The molecule has 7 nitrogen and oxygen atoms in total. The monoisotopic (exact) mass is 414 g/mol. The summed E-state index contributed by atoms with van der Waals surface area (Å²) in [7, 11) is 0. The highest BCUT2D eigenvalue weighted by Crippen LogP contribution is 2.33. The molecular formula is C24H26N6O. The highest BCUT2D eigenvalue weighted by Gasteiger charge is 2.23. The van der Waals surface area contributed by atoms with Gasteiger partial charge in [0.05, 0.1) is 5.69 Å². The topological polar surface area (TPSA) is 77.6 Å². The van der Waals surface area contributed by atoms with Crippen LogP contribution in [-0.4, -0.2) is 24.3 Å². The first kappa shape index (κ1) is 19.5. The van der Waals surface area contributed by atoms with Gasteiger partial charge in [0.1, 0.15) is 5.65 Å². The molecule has 1 N–H and O–H groups in total. The number of hydrogen-bond acceptors (Lipinski definition) is 5. The van der Waals surface area contributed by atoms with Gasteiger partial charge in [0, 0.05) is 41.8 Å². The van der Waals surface area contributed by atoms with Crippen LogP contribution in [0.15, 0.2) is 65.8 Å². The van der Waals surface area contributed by atoms with Crippen LogP contribution in [0.5, 0.6) is 0 Å². The Morgan fingerprint density at radius 3 is 2.61 bits per heavy atom. The number of anilines is 2. The summed E-state index contributed by atoms with van der Waals surface area (Å²) in [6.45, 7) is 2.15. The first-order valence-electron chi connectivity index (χ1n) is 10.9. The van der Waals surface area contributed by atoms with Crippen molar-refractivity contribution in [1.29, 1.82) is 0 Å². The summed E-state index contributed by atoms with van der Waals surface area (Å²) in [4.78, 5) is 22.0. The first-order chi connectivity index (χ1) is 15.2. The van der Waals surface area contributed by atoms with E-state index >= 15 is 0 Å². The molecule has 1 saturated carbocycles. The van der Waals surface area contributed by atoms with Gasteiger partial charge in [-0.05, 0) is 62.1 Å². The van der Waals surface area contributed by atoms with Crippen molar-refractivity contribution >= 4 is 22.7 Å². The van der Waals surface area contributed by atoms with E-state index < -0.39 is 0 Å². The molecule has 0 bridgehead atoms. The quantitative estimate of drug-likeness (QED) is 0.504. The molecule has 7 heteroatoms. The van der Waals surface area contributed by atoms with Gasteiger partial charge in [-0.1, -0.05) is 19.3 Å². The molecule has 1 aromatic carbocycles. The minimum Gasteiger partial charge on any atom is -0.324 e. The van der Waals surface area contributed by atoms with E-state index in [-0.39, 0.29) is 11.6 Å². The molecule has 3 aromatic heterocycles. The van der Waals surface area contributed by atoms with E-state index in [9.17, 15) is 4.79 Å². The van der Waals surface area contributed by atoms with E-state index in [2.05, 4.69) is 22.3 Å². The van der Waals surface area contributed by atoms with Gasteiger partial charge in [-0.15, -0.1) is 0 Å². The second kappa shape index (κ2) is 8.34. The summed E-state index contributed by atoms with van der Waals surface area (Å²) in [6, 6.07) is 13.3. The lowest BCUT2D eigenvalue weighted by molar-refractivity contribution is 0.264. The Morgan fingerprint density at radius 1 is 1.06 bits per heavy atom. The van der Waals surface area contributed by atoms with Crippen LogP contribution in [0.1, 0.15) is 45.1 Å². The molecule has 31 heavy (non-hydrogen) atoms. The predicted molar refractivity (Wildman–Crippen MR) is 122 cm³/mol. The fourth-order valence-corrected chi connectivity index (χ4v) is 4.57. The maximum absolute atomic E-state index is 12.8.